The van der Waals surface area contributed by atoms with E-state index in [1.54, 1.807) is 0 Å². The molecule has 4 aliphatic rings. The molecular weight excluding hydrogens is 256 g/mol. The maximum Gasteiger partial charge on any atom is 0.178 e. The monoisotopic (exact) mass is 284 g/mol. The average molecular weight is 284 g/mol. The first-order chi connectivity index (χ1) is 9.95. The minimum Gasteiger partial charge on any atom is -0.290 e. The predicted molar refractivity (Wildman–Crippen MR) is 85.9 cm³/mol. The highest BCUT2D eigenvalue weighted by molar-refractivity contribution is 6.02. The lowest BCUT2D eigenvalue weighted by Crippen LogP contribution is -2.49. The first-order valence-electron chi connectivity index (χ1n) is 8.89. The van der Waals surface area contributed by atoms with Gasteiger partial charge < -0.3 is 0 Å². The van der Waals surface area contributed by atoms with Gasteiger partial charge in [-0.3, -0.25) is 4.79 Å². The molecular formula is C20H28O. The van der Waals surface area contributed by atoms with Gasteiger partial charge in [-0.05, 0) is 80.8 Å². The van der Waals surface area contributed by atoms with Crippen LogP contribution in [0.15, 0.2) is 23.3 Å². The Kier molecular flexibility index (Phi) is 2.85. The van der Waals surface area contributed by atoms with E-state index in [1.165, 1.54) is 49.7 Å². The van der Waals surface area contributed by atoms with E-state index in [1.807, 2.05) is 12.2 Å². The second kappa shape index (κ2) is 4.33. The number of carbonyl (C=O) groups excluding carboxylic acids is 1. The van der Waals surface area contributed by atoms with Crippen LogP contribution in [0.25, 0.3) is 0 Å². The van der Waals surface area contributed by atoms with E-state index in [0.29, 0.717) is 5.41 Å². The molecule has 0 aliphatic heterocycles. The summed E-state index contributed by atoms with van der Waals surface area (Å²) in [7, 11) is 0. The van der Waals surface area contributed by atoms with Crippen LogP contribution in [0.5, 0.6) is 0 Å². The quantitative estimate of drug-likeness (QED) is 0.606. The van der Waals surface area contributed by atoms with Crippen LogP contribution in [-0.4, -0.2) is 5.78 Å². The number of ketones is 1. The van der Waals surface area contributed by atoms with Gasteiger partial charge in [-0.1, -0.05) is 31.4 Å². The van der Waals surface area contributed by atoms with Crippen molar-refractivity contribution in [1.29, 1.82) is 0 Å². The molecule has 0 spiro atoms. The van der Waals surface area contributed by atoms with Crippen molar-refractivity contribution in [2.45, 2.75) is 65.7 Å². The first-order valence-corrected chi connectivity index (χ1v) is 8.89. The van der Waals surface area contributed by atoms with Crippen LogP contribution in [0.3, 0.4) is 0 Å². The van der Waals surface area contributed by atoms with E-state index in [-0.39, 0.29) is 11.2 Å². The summed E-state index contributed by atoms with van der Waals surface area (Å²) in [6, 6.07) is 0. The number of fused-ring (bicyclic) bond motifs is 5. The highest BCUT2D eigenvalue weighted by Gasteiger charge is 2.56. The number of hydrogen-bond donors (Lipinski definition) is 0. The molecule has 4 rings (SSSR count). The maximum absolute atomic E-state index is 11.9. The summed E-state index contributed by atoms with van der Waals surface area (Å²) >= 11 is 0. The van der Waals surface area contributed by atoms with Crippen LogP contribution in [0.4, 0.5) is 0 Å². The van der Waals surface area contributed by atoms with Gasteiger partial charge in [0.1, 0.15) is 0 Å². The molecule has 5 atom stereocenters. The molecule has 1 nitrogen and oxygen atoms in total. The van der Waals surface area contributed by atoms with Crippen molar-refractivity contribution in [1.82, 2.24) is 0 Å². The Morgan fingerprint density at radius 1 is 1.05 bits per heavy atom. The summed E-state index contributed by atoms with van der Waals surface area (Å²) in [5, 5.41) is 0. The van der Waals surface area contributed by atoms with Crippen molar-refractivity contribution in [2.75, 3.05) is 0 Å². The minimum atomic E-state index is 0.181. The van der Waals surface area contributed by atoms with Crippen molar-refractivity contribution >= 4 is 5.78 Å². The molecule has 0 aromatic rings. The summed E-state index contributed by atoms with van der Waals surface area (Å²) < 4.78 is 0. The lowest BCUT2D eigenvalue weighted by molar-refractivity contribution is -0.111. The van der Waals surface area contributed by atoms with Crippen molar-refractivity contribution in [3.05, 3.63) is 23.3 Å². The SMILES string of the molecule is CC1=CC(=O)C=C2CCC3C4CCCC4(C)CCC3C12C. The third-order valence-corrected chi connectivity index (χ3v) is 7.87. The van der Waals surface area contributed by atoms with E-state index >= 15 is 0 Å². The van der Waals surface area contributed by atoms with Gasteiger partial charge in [0.05, 0.1) is 0 Å². The summed E-state index contributed by atoms with van der Waals surface area (Å²) in [5.41, 5.74) is 3.58. The Balaban J connectivity index is 1.75. The highest BCUT2D eigenvalue weighted by atomic mass is 16.1. The van der Waals surface area contributed by atoms with E-state index in [0.717, 1.165) is 24.2 Å². The van der Waals surface area contributed by atoms with Crippen LogP contribution in [-0.2, 0) is 4.79 Å². The van der Waals surface area contributed by atoms with E-state index < -0.39 is 0 Å². The number of rotatable bonds is 0. The fraction of sp³-hybridized carbons (Fsp3) is 0.750. The first kappa shape index (κ1) is 13.8. The number of hydrogen-bond acceptors (Lipinski definition) is 1. The molecule has 4 aliphatic carbocycles. The summed E-state index contributed by atoms with van der Waals surface area (Å²) in [4.78, 5) is 11.9. The average Bonchev–Trinajstić information content (AvgIpc) is 2.82. The maximum atomic E-state index is 11.9. The van der Waals surface area contributed by atoms with Crippen molar-refractivity contribution < 1.29 is 4.79 Å². The van der Waals surface area contributed by atoms with Gasteiger partial charge in [0.25, 0.3) is 0 Å². The highest BCUT2D eigenvalue weighted by Crippen LogP contribution is 2.65. The molecule has 3 fully saturated rings. The van der Waals surface area contributed by atoms with Gasteiger partial charge in [0.2, 0.25) is 0 Å². The second-order valence-corrected chi connectivity index (χ2v) is 8.60. The molecule has 21 heavy (non-hydrogen) atoms. The molecule has 0 N–H and O–H groups in total. The third-order valence-electron chi connectivity index (χ3n) is 7.87. The van der Waals surface area contributed by atoms with Crippen molar-refractivity contribution in [3.8, 4) is 0 Å². The Labute approximate surface area is 128 Å². The number of allylic oxidation sites excluding steroid dienone is 4. The van der Waals surface area contributed by atoms with Gasteiger partial charge in [0, 0.05) is 5.41 Å². The molecule has 0 heterocycles. The second-order valence-electron chi connectivity index (χ2n) is 8.60. The summed E-state index contributed by atoms with van der Waals surface area (Å²) in [5.74, 6) is 2.84. The summed E-state index contributed by atoms with van der Waals surface area (Å²) in [6.07, 6.45) is 13.5. The van der Waals surface area contributed by atoms with Crippen molar-refractivity contribution in [3.63, 3.8) is 0 Å². The molecule has 0 bridgehead atoms. The van der Waals surface area contributed by atoms with E-state index in [9.17, 15) is 4.79 Å². The molecule has 114 valence electrons. The predicted octanol–water partition coefficient (Wildman–Crippen LogP) is 5.07. The largest absolute Gasteiger partial charge is 0.290 e. The van der Waals surface area contributed by atoms with Gasteiger partial charge in [-0.25, -0.2) is 0 Å². The van der Waals surface area contributed by atoms with Crippen LogP contribution in [0.1, 0.15) is 65.7 Å². The van der Waals surface area contributed by atoms with Gasteiger partial charge in [0.15, 0.2) is 5.78 Å². The lowest BCUT2D eigenvalue weighted by atomic mass is 9.47. The van der Waals surface area contributed by atoms with E-state index in [2.05, 4.69) is 20.8 Å². The van der Waals surface area contributed by atoms with Gasteiger partial charge in [-0.15, -0.1) is 0 Å². The molecule has 3 saturated carbocycles. The zero-order valence-electron chi connectivity index (χ0n) is 13.7. The smallest absolute Gasteiger partial charge is 0.178 e. The van der Waals surface area contributed by atoms with Crippen molar-refractivity contribution in [2.24, 2.45) is 28.6 Å². The molecule has 0 aromatic carbocycles. The van der Waals surface area contributed by atoms with E-state index in [4.69, 9.17) is 0 Å². The standard InChI is InChI=1S/C20H28O/c1-13-11-15(21)12-14-6-7-16-17-5-4-9-19(17,2)10-8-18(16)20(13,14)3/h11-12,16-18H,4-10H2,1-3H3. The van der Waals surface area contributed by atoms with Crippen LogP contribution in [0.2, 0.25) is 0 Å². The Hall–Kier alpha value is -0.850. The Morgan fingerprint density at radius 3 is 2.67 bits per heavy atom. The topological polar surface area (TPSA) is 17.1 Å². The minimum absolute atomic E-state index is 0.181. The third kappa shape index (κ3) is 1.72. The lowest BCUT2D eigenvalue weighted by Gasteiger charge is -2.57. The fourth-order valence-electron chi connectivity index (χ4n) is 6.56. The Bertz CT molecular complexity index is 554. The van der Waals surface area contributed by atoms with Gasteiger partial charge >= 0.3 is 0 Å². The molecule has 1 heteroatoms. The zero-order valence-corrected chi connectivity index (χ0v) is 13.7. The Morgan fingerprint density at radius 2 is 1.86 bits per heavy atom. The normalized spacial score (nSPS) is 48.9. The van der Waals surface area contributed by atoms with Crippen LogP contribution >= 0.6 is 0 Å². The van der Waals surface area contributed by atoms with Crippen LogP contribution < -0.4 is 0 Å². The fourth-order valence-corrected chi connectivity index (χ4v) is 6.56. The zero-order chi connectivity index (χ0) is 14.8. The molecule has 5 unspecified atom stereocenters. The summed E-state index contributed by atoms with van der Waals surface area (Å²) in [6.45, 7) is 7.20. The molecule has 0 saturated heterocycles. The molecule has 0 amide bonds. The van der Waals surface area contributed by atoms with Crippen LogP contribution in [0, 0.1) is 28.6 Å². The molecule has 0 aromatic heterocycles. The molecule has 0 radical (unpaired) electrons. The number of carbonyl (C=O) groups is 1. The van der Waals surface area contributed by atoms with Gasteiger partial charge in [-0.2, -0.15) is 0 Å².